The Kier molecular flexibility index (Phi) is 3.94. The molecule has 2 rings (SSSR count). The van der Waals surface area contributed by atoms with Crippen LogP contribution < -0.4 is 0 Å². The Morgan fingerprint density at radius 3 is 2.30 bits per heavy atom. The van der Waals surface area contributed by atoms with E-state index in [0.29, 0.717) is 19.4 Å². The van der Waals surface area contributed by atoms with Gasteiger partial charge in [-0.25, -0.2) is 8.42 Å². The van der Waals surface area contributed by atoms with Crippen molar-refractivity contribution in [3.8, 4) is 0 Å². The predicted molar refractivity (Wildman–Crippen MR) is 73.8 cm³/mol. The molecule has 1 aromatic rings. The lowest BCUT2D eigenvalue weighted by atomic mass is 10.2. The fourth-order valence-corrected chi connectivity index (χ4v) is 4.15. The fraction of sp³-hybridized carbons (Fsp3) is 0.429. The molecule has 6 heteroatoms. The van der Waals surface area contributed by atoms with E-state index in [0.717, 1.165) is 5.56 Å². The predicted octanol–water partition coefficient (Wildman–Crippen LogP) is 1.31. The summed E-state index contributed by atoms with van der Waals surface area (Å²) in [6, 6.07) is 6.30. The molecule has 1 aliphatic heterocycles. The number of rotatable bonds is 4. The van der Waals surface area contributed by atoms with Crippen LogP contribution in [0, 0.1) is 6.92 Å². The van der Waals surface area contributed by atoms with E-state index in [2.05, 4.69) is 0 Å². The van der Waals surface area contributed by atoms with Gasteiger partial charge in [-0.2, -0.15) is 0 Å². The topological polar surface area (TPSA) is 71.5 Å². The van der Waals surface area contributed by atoms with Crippen LogP contribution in [-0.2, 0) is 19.4 Å². The van der Waals surface area contributed by atoms with Crippen molar-refractivity contribution in [2.24, 2.45) is 0 Å². The summed E-state index contributed by atoms with van der Waals surface area (Å²) in [6.45, 7) is 3.37. The molecular weight excluding hydrogens is 278 g/mol. The van der Waals surface area contributed by atoms with Crippen LogP contribution in [0.4, 0.5) is 0 Å². The first-order chi connectivity index (χ1) is 9.34. The van der Waals surface area contributed by atoms with Gasteiger partial charge in [0.1, 0.15) is 0 Å². The molecule has 0 spiro atoms. The van der Waals surface area contributed by atoms with Crippen molar-refractivity contribution in [2.45, 2.75) is 37.0 Å². The Morgan fingerprint density at radius 2 is 1.85 bits per heavy atom. The van der Waals surface area contributed by atoms with Crippen molar-refractivity contribution in [3.05, 3.63) is 29.8 Å². The SMILES string of the molecule is CC(=O)C(N1CCCC1=O)S(=O)(=O)c1ccc(C)cc1. The fourth-order valence-electron chi connectivity index (χ4n) is 2.38. The van der Waals surface area contributed by atoms with E-state index in [4.69, 9.17) is 0 Å². The normalized spacial score (nSPS) is 17.3. The third-order valence-electron chi connectivity index (χ3n) is 3.38. The molecule has 1 atom stereocenters. The molecule has 1 fully saturated rings. The van der Waals surface area contributed by atoms with Crippen LogP contribution in [0.2, 0.25) is 0 Å². The van der Waals surface area contributed by atoms with E-state index in [1.165, 1.54) is 24.0 Å². The summed E-state index contributed by atoms with van der Waals surface area (Å²) in [7, 11) is -3.88. The number of hydrogen-bond acceptors (Lipinski definition) is 4. The smallest absolute Gasteiger partial charge is 0.224 e. The van der Waals surface area contributed by atoms with Gasteiger partial charge in [0, 0.05) is 13.0 Å². The average Bonchev–Trinajstić information content (AvgIpc) is 2.75. The molecule has 20 heavy (non-hydrogen) atoms. The maximum atomic E-state index is 12.6. The van der Waals surface area contributed by atoms with Crippen LogP contribution in [0.5, 0.6) is 0 Å². The number of nitrogens with zero attached hydrogens (tertiary/aromatic N) is 1. The Labute approximate surface area is 118 Å². The number of ketones is 1. The Hall–Kier alpha value is -1.69. The maximum Gasteiger partial charge on any atom is 0.224 e. The van der Waals surface area contributed by atoms with Gasteiger partial charge in [-0.15, -0.1) is 0 Å². The van der Waals surface area contributed by atoms with Crippen LogP contribution in [0.15, 0.2) is 29.2 Å². The highest BCUT2D eigenvalue weighted by Crippen LogP contribution is 2.24. The molecule has 5 nitrogen and oxygen atoms in total. The minimum atomic E-state index is -3.88. The van der Waals surface area contributed by atoms with Crippen molar-refractivity contribution in [3.63, 3.8) is 0 Å². The second kappa shape index (κ2) is 5.36. The summed E-state index contributed by atoms with van der Waals surface area (Å²) in [5.74, 6) is -0.804. The molecule has 0 saturated carbocycles. The molecule has 1 aromatic carbocycles. The zero-order valence-electron chi connectivity index (χ0n) is 11.5. The molecule has 0 bridgehead atoms. The first-order valence-corrected chi connectivity index (χ1v) is 7.99. The molecule has 0 aromatic heterocycles. The van der Waals surface area contributed by atoms with Gasteiger partial charge in [0.2, 0.25) is 15.7 Å². The second-order valence-electron chi connectivity index (χ2n) is 5.01. The van der Waals surface area contributed by atoms with Crippen molar-refractivity contribution < 1.29 is 18.0 Å². The van der Waals surface area contributed by atoms with Gasteiger partial charge in [-0.05, 0) is 32.4 Å². The quantitative estimate of drug-likeness (QED) is 0.839. The number of aryl methyl sites for hydroxylation is 1. The zero-order valence-corrected chi connectivity index (χ0v) is 12.3. The minimum Gasteiger partial charge on any atom is -0.319 e. The highest BCUT2D eigenvalue weighted by Gasteiger charge is 2.40. The van der Waals surface area contributed by atoms with E-state index >= 15 is 0 Å². The van der Waals surface area contributed by atoms with Crippen LogP contribution >= 0.6 is 0 Å². The molecular formula is C14H17NO4S. The highest BCUT2D eigenvalue weighted by atomic mass is 32.2. The first kappa shape index (κ1) is 14.7. The second-order valence-corrected chi connectivity index (χ2v) is 7.02. The summed E-state index contributed by atoms with van der Waals surface area (Å²) in [6.07, 6.45) is 0.888. The van der Waals surface area contributed by atoms with Gasteiger partial charge < -0.3 is 4.90 Å². The van der Waals surface area contributed by atoms with Crippen molar-refractivity contribution >= 4 is 21.5 Å². The molecule has 1 heterocycles. The summed E-state index contributed by atoms with van der Waals surface area (Å²) >= 11 is 0. The largest absolute Gasteiger partial charge is 0.319 e. The summed E-state index contributed by atoms with van der Waals surface area (Å²) < 4.78 is 25.2. The van der Waals surface area contributed by atoms with Gasteiger partial charge in [-0.1, -0.05) is 17.7 Å². The third kappa shape index (κ3) is 2.60. The number of benzene rings is 1. The Morgan fingerprint density at radius 1 is 1.25 bits per heavy atom. The summed E-state index contributed by atoms with van der Waals surface area (Å²) in [5.41, 5.74) is 0.931. The summed E-state index contributed by atoms with van der Waals surface area (Å²) in [4.78, 5) is 24.8. The highest BCUT2D eigenvalue weighted by molar-refractivity contribution is 7.92. The van der Waals surface area contributed by atoms with E-state index in [9.17, 15) is 18.0 Å². The number of Topliss-reactive ketones (excluding diaryl/α,β-unsaturated/α-hetero) is 1. The number of likely N-dealkylation sites (tertiary alicyclic amines) is 1. The molecule has 1 amide bonds. The molecule has 1 aliphatic rings. The minimum absolute atomic E-state index is 0.0722. The van der Waals surface area contributed by atoms with Gasteiger partial charge in [0.25, 0.3) is 0 Å². The number of carbonyl (C=O) groups excluding carboxylic acids is 2. The Balaban J connectivity index is 2.45. The van der Waals surface area contributed by atoms with Crippen molar-refractivity contribution in [1.82, 2.24) is 4.90 Å². The van der Waals surface area contributed by atoms with Gasteiger partial charge >= 0.3 is 0 Å². The number of amides is 1. The number of hydrogen-bond donors (Lipinski definition) is 0. The van der Waals surface area contributed by atoms with Gasteiger partial charge in [-0.3, -0.25) is 9.59 Å². The van der Waals surface area contributed by atoms with Gasteiger partial charge in [0.15, 0.2) is 11.2 Å². The standard InChI is InChI=1S/C14H17NO4S/c1-10-5-7-12(8-6-10)20(18,19)14(11(2)16)15-9-3-4-13(15)17/h5-8,14H,3-4,9H2,1-2H3. The zero-order chi connectivity index (χ0) is 14.9. The number of sulfone groups is 1. The third-order valence-corrected chi connectivity index (χ3v) is 5.49. The van der Waals surface area contributed by atoms with Crippen molar-refractivity contribution in [1.29, 1.82) is 0 Å². The lowest BCUT2D eigenvalue weighted by molar-refractivity contribution is -0.133. The van der Waals surface area contributed by atoms with Crippen LogP contribution in [-0.4, -0.2) is 36.9 Å². The van der Waals surface area contributed by atoms with Crippen LogP contribution in [0.25, 0.3) is 0 Å². The van der Waals surface area contributed by atoms with E-state index < -0.39 is 21.0 Å². The number of carbonyl (C=O) groups is 2. The van der Waals surface area contributed by atoms with Crippen molar-refractivity contribution in [2.75, 3.05) is 6.54 Å². The van der Waals surface area contributed by atoms with Gasteiger partial charge in [0.05, 0.1) is 4.90 Å². The van der Waals surface area contributed by atoms with Crippen LogP contribution in [0.1, 0.15) is 25.3 Å². The van der Waals surface area contributed by atoms with E-state index in [1.807, 2.05) is 6.92 Å². The lowest BCUT2D eigenvalue weighted by Crippen LogP contribution is -2.46. The summed E-state index contributed by atoms with van der Waals surface area (Å²) in [5, 5.41) is -1.40. The monoisotopic (exact) mass is 295 g/mol. The maximum absolute atomic E-state index is 12.6. The molecule has 1 unspecified atom stereocenters. The molecule has 0 radical (unpaired) electrons. The first-order valence-electron chi connectivity index (χ1n) is 6.44. The molecule has 1 saturated heterocycles. The lowest BCUT2D eigenvalue weighted by Gasteiger charge is -2.25. The van der Waals surface area contributed by atoms with E-state index in [1.54, 1.807) is 12.1 Å². The molecule has 0 N–H and O–H groups in total. The van der Waals surface area contributed by atoms with E-state index in [-0.39, 0.29) is 10.8 Å². The molecule has 0 aliphatic carbocycles. The Bertz CT molecular complexity index is 634. The van der Waals surface area contributed by atoms with Crippen LogP contribution in [0.3, 0.4) is 0 Å². The molecule has 108 valence electrons. The average molecular weight is 295 g/mol.